The van der Waals surface area contributed by atoms with Crippen LogP contribution in [0.25, 0.3) is 0 Å². The zero-order chi connectivity index (χ0) is 10.5. The van der Waals surface area contributed by atoms with Crippen LogP contribution in [0.2, 0.25) is 0 Å². The Morgan fingerprint density at radius 1 is 1.46 bits per heavy atom. The van der Waals surface area contributed by atoms with E-state index in [1.165, 1.54) is 0 Å². The fourth-order valence-electron chi connectivity index (χ4n) is 0.913. The summed E-state index contributed by atoms with van der Waals surface area (Å²) in [6.45, 7) is 8.72. The van der Waals surface area contributed by atoms with Gasteiger partial charge in [-0.3, -0.25) is 4.79 Å². The monoisotopic (exact) mass is 205 g/mol. The van der Waals surface area contributed by atoms with Crippen molar-refractivity contribution < 1.29 is 4.79 Å². The first-order valence-corrected chi connectivity index (χ1v) is 5.19. The molecule has 78 valence electrons. The van der Waals surface area contributed by atoms with Gasteiger partial charge in [0.25, 0.3) is 0 Å². The quantitative estimate of drug-likeness (QED) is 0.703. The van der Waals surface area contributed by atoms with Crippen molar-refractivity contribution in [2.24, 2.45) is 5.41 Å². The molecule has 1 N–H and O–H groups in total. The van der Waals surface area contributed by atoms with E-state index < -0.39 is 0 Å². The number of amides is 1. The second kappa shape index (κ2) is 5.48. The van der Waals surface area contributed by atoms with Crippen molar-refractivity contribution in [3.05, 3.63) is 0 Å². The van der Waals surface area contributed by atoms with Crippen LogP contribution in [0.5, 0.6) is 0 Å². The first-order valence-electron chi connectivity index (χ1n) is 4.76. The molecule has 1 atom stereocenters. The largest absolute Gasteiger partial charge is 0.355 e. The van der Waals surface area contributed by atoms with Crippen LogP contribution in [0.15, 0.2) is 0 Å². The summed E-state index contributed by atoms with van der Waals surface area (Å²) in [6.07, 6.45) is 1.44. The Morgan fingerprint density at radius 2 is 2.00 bits per heavy atom. The van der Waals surface area contributed by atoms with Gasteiger partial charge in [-0.05, 0) is 11.8 Å². The van der Waals surface area contributed by atoms with Gasteiger partial charge in [0.1, 0.15) is 0 Å². The molecule has 0 fully saturated rings. The minimum atomic E-state index is 0.0537. The van der Waals surface area contributed by atoms with Gasteiger partial charge in [-0.15, -0.1) is 11.6 Å². The van der Waals surface area contributed by atoms with Gasteiger partial charge in [0, 0.05) is 13.0 Å². The lowest BCUT2D eigenvalue weighted by Gasteiger charge is -2.17. The molecule has 0 aromatic carbocycles. The summed E-state index contributed by atoms with van der Waals surface area (Å²) in [5.74, 6) is 0.0894. The molecule has 0 rings (SSSR count). The normalized spacial score (nSPS) is 13.9. The number of nitrogens with one attached hydrogen (secondary N) is 1. The van der Waals surface area contributed by atoms with E-state index in [1.807, 2.05) is 27.7 Å². The molecule has 0 aromatic rings. The summed E-state index contributed by atoms with van der Waals surface area (Å²) in [7, 11) is 0. The predicted molar refractivity (Wildman–Crippen MR) is 57.0 cm³/mol. The van der Waals surface area contributed by atoms with Crippen LogP contribution < -0.4 is 5.32 Å². The van der Waals surface area contributed by atoms with Crippen LogP contribution in [0.1, 0.15) is 40.5 Å². The van der Waals surface area contributed by atoms with Crippen molar-refractivity contribution in [2.45, 2.75) is 45.9 Å². The third-order valence-corrected chi connectivity index (χ3v) is 2.12. The fourth-order valence-corrected chi connectivity index (χ4v) is 0.990. The fraction of sp³-hybridized carbons (Fsp3) is 0.900. The van der Waals surface area contributed by atoms with E-state index in [2.05, 4.69) is 5.32 Å². The van der Waals surface area contributed by atoms with Gasteiger partial charge in [-0.2, -0.15) is 0 Å². The number of hydrogen-bond acceptors (Lipinski definition) is 1. The molecule has 1 amide bonds. The highest BCUT2D eigenvalue weighted by Gasteiger charge is 2.15. The van der Waals surface area contributed by atoms with Gasteiger partial charge in [-0.1, -0.05) is 27.7 Å². The van der Waals surface area contributed by atoms with E-state index in [0.717, 1.165) is 6.42 Å². The molecule has 3 heteroatoms. The molecule has 0 aliphatic rings. The number of alkyl halides is 1. The molecule has 0 heterocycles. The van der Waals surface area contributed by atoms with Crippen LogP contribution in [0.4, 0.5) is 0 Å². The number of carbonyl (C=O) groups excluding carboxylic acids is 1. The number of halogens is 1. The zero-order valence-electron chi connectivity index (χ0n) is 8.98. The number of carbonyl (C=O) groups is 1. The van der Waals surface area contributed by atoms with Crippen molar-refractivity contribution in [3.8, 4) is 0 Å². The average Bonchev–Trinajstić information content (AvgIpc) is 1.97. The second-order valence-electron chi connectivity index (χ2n) is 4.55. The Morgan fingerprint density at radius 3 is 2.38 bits per heavy atom. The van der Waals surface area contributed by atoms with Crippen LogP contribution in [0, 0.1) is 5.41 Å². The minimum absolute atomic E-state index is 0.0537. The third kappa shape index (κ3) is 8.10. The summed E-state index contributed by atoms with van der Waals surface area (Å²) in [5.41, 5.74) is 0.0537. The van der Waals surface area contributed by atoms with Crippen molar-refractivity contribution in [3.63, 3.8) is 0 Å². The van der Waals surface area contributed by atoms with Crippen molar-refractivity contribution >= 4 is 17.5 Å². The SMILES string of the molecule is CCC(Cl)CNC(=O)CC(C)(C)C. The van der Waals surface area contributed by atoms with E-state index in [0.29, 0.717) is 13.0 Å². The molecular weight excluding hydrogens is 186 g/mol. The first kappa shape index (κ1) is 12.8. The summed E-state index contributed by atoms with van der Waals surface area (Å²) in [5, 5.41) is 2.88. The molecule has 1 unspecified atom stereocenters. The lowest BCUT2D eigenvalue weighted by Crippen LogP contribution is -2.32. The number of hydrogen-bond donors (Lipinski definition) is 1. The molecule has 0 aromatic heterocycles. The van der Waals surface area contributed by atoms with Gasteiger partial charge in [0.2, 0.25) is 5.91 Å². The number of rotatable bonds is 4. The highest BCUT2D eigenvalue weighted by Crippen LogP contribution is 2.17. The van der Waals surface area contributed by atoms with E-state index in [4.69, 9.17) is 11.6 Å². The zero-order valence-corrected chi connectivity index (χ0v) is 9.74. The predicted octanol–water partition coefficient (Wildman–Crippen LogP) is 2.56. The molecule has 13 heavy (non-hydrogen) atoms. The molecule has 0 aliphatic carbocycles. The lowest BCUT2D eigenvalue weighted by atomic mass is 9.92. The Labute approximate surface area is 86.0 Å². The lowest BCUT2D eigenvalue weighted by molar-refractivity contribution is -0.122. The Bertz CT molecular complexity index is 163. The highest BCUT2D eigenvalue weighted by atomic mass is 35.5. The Hall–Kier alpha value is -0.240. The van der Waals surface area contributed by atoms with Gasteiger partial charge < -0.3 is 5.32 Å². The summed E-state index contributed by atoms with van der Waals surface area (Å²) < 4.78 is 0. The van der Waals surface area contributed by atoms with Gasteiger partial charge in [0.15, 0.2) is 0 Å². The molecular formula is C10H20ClNO. The smallest absolute Gasteiger partial charge is 0.220 e. The molecule has 0 aliphatic heterocycles. The van der Waals surface area contributed by atoms with Crippen LogP contribution >= 0.6 is 11.6 Å². The van der Waals surface area contributed by atoms with Crippen LogP contribution in [-0.2, 0) is 4.79 Å². The highest BCUT2D eigenvalue weighted by molar-refractivity contribution is 6.20. The summed E-state index contributed by atoms with van der Waals surface area (Å²) >= 11 is 5.87. The standard InChI is InChI=1S/C10H20ClNO/c1-5-8(11)7-12-9(13)6-10(2,3)4/h8H,5-7H2,1-4H3,(H,12,13). The maximum Gasteiger partial charge on any atom is 0.220 e. The van der Waals surface area contributed by atoms with Crippen molar-refractivity contribution in [2.75, 3.05) is 6.54 Å². The van der Waals surface area contributed by atoms with E-state index >= 15 is 0 Å². The van der Waals surface area contributed by atoms with Crippen molar-refractivity contribution in [1.82, 2.24) is 5.32 Å². The van der Waals surface area contributed by atoms with E-state index in [9.17, 15) is 4.79 Å². The molecule has 2 nitrogen and oxygen atoms in total. The third-order valence-electron chi connectivity index (χ3n) is 1.65. The molecule has 0 saturated heterocycles. The first-order chi connectivity index (χ1) is 5.85. The van der Waals surface area contributed by atoms with Gasteiger partial charge >= 0.3 is 0 Å². The minimum Gasteiger partial charge on any atom is -0.355 e. The average molecular weight is 206 g/mol. The second-order valence-corrected chi connectivity index (χ2v) is 5.16. The maximum atomic E-state index is 11.3. The molecule has 0 radical (unpaired) electrons. The van der Waals surface area contributed by atoms with Crippen LogP contribution in [0.3, 0.4) is 0 Å². The van der Waals surface area contributed by atoms with Gasteiger partial charge in [-0.25, -0.2) is 0 Å². The van der Waals surface area contributed by atoms with Gasteiger partial charge in [0.05, 0.1) is 5.38 Å². The molecule has 0 spiro atoms. The molecule has 0 saturated carbocycles. The van der Waals surface area contributed by atoms with Crippen LogP contribution in [-0.4, -0.2) is 17.8 Å². The van der Waals surface area contributed by atoms with E-state index in [1.54, 1.807) is 0 Å². The summed E-state index contributed by atoms with van der Waals surface area (Å²) in [4.78, 5) is 11.3. The Kier molecular flexibility index (Phi) is 5.38. The van der Waals surface area contributed by atoms with E-state index in [-0.39, 0.29) is 16.7 Å². The topological polar surface area (TPSA) is 29.1 Å². The van der Waals surface area contributed by atoms with Crippen molar-refractivity contribution in [1.29, 1.82) is 0 Å². The molecule has 0 bridgehead atoms. The maximum absolute atomic E-state index is 11.3. The summed E-state index contributed by atoms with van der Waals surface area (Å²) in [6, 6.07) is 0. The Balaban J connectivity index is 3.64.